The number of furan rings is 1. The summed E-state index contributed by atoms with van der Waals surface area (Å²) in [5.74, 6) is -1.38. The van der Waals surface area contributed by atoms with E-state index in [1.54, 1.807) is 26.8 Å². The third-order valence-electron chi connectivity index (χ3n) is 2.23. The van der Waals surface area contributed by atoms with Gasteiger partial charge in [-0.3, -0.25) is 5.32 Å². The highest BCUT2D eigenvalue weighted by molar-refractivity contribution is 5.92. The van der Waals surface area contributed by atoms with Gasteiger partial charge in [0, 0.05) is 11.5 Å². The highest BCUT2D eigenvalue weighted by Gasteiger charge is 2.17. The molecule has 20 heavy (non-hydrogen) atoms. The van der Waals surface area contributed by atoms with Crippen molar-refractivity contribution in [2.75, 3.05) is 5.32 Å². The lowest BCUT2D eigenvalue weighted by atomic mass is 10.2. The number of amides is 1. The van der Waals surface area contributed by atoms with Gasteiger partial charge < -0.3 is 14.3 Å². The predicted molar refractivity (Wildman–Crippen MR) is 70.8 cm³/mol. The maximum atomic E-state index is 11.6. The van der Waals surface area contributed by atoms with E-state index in [0.29, 0.717) is 11.1 Å². The number of hydrogen-bond acceptors (Lipinski definition) is 5. The molecule has 0 aliphatic carbocycles. The average molecular weight is 278 g/mol. The molecule has 106 valence electrons. The second kappa shape index (κ2) is 4.84. The summed E-state index contributed by atoms with van der Waals surface area (Å²) in [4.78, 5) is 26.3. The molecular weight excluding hydrogens is 264 g/mol. The Bertz CT molecular complexity index is 669. The van der Waals surface area contributed by atoms with Crippen LogP contribution in [0, 0.1) is 0 Å². The first-order valence-corrected chi connectivity index (χ1v) is 5.87. The Labute approximate surface area is 114 Å². The molecule has 2 N–H and O–H groups in total. The molecule has 0 aromatic carbocycles. The van der Waals surface area contributed by atoms with Crippen LogP contribution in [-0.2, 0) is 4.74 Å². The van der Waals surface area contributed by atoms with Crippen molar-refractivity contribution < 1.29 is 23.8 Å². The van der Waals surface area contributed by atoms with Crippen LogP contribution in [0.3, 0.4) is 0 Å². The SMILES string of the molecule is CC(C)(C)OC(=O)Nc1cnc2oc(C(=O)O)cc2c1. The fourth-order valence-electron chi connectivity index (χ4n) is 1.53. The van der Waals surface area contributed by atoms with Crippen molar-refractivity contribution in [2.45, 2.75) is 26.4 Å². The van der Waals surface area contributed by atoms with Gasteiger partial charge in [-0.2, -0.15) is 0 Å². The van der Waals surface area contributed by atoms with Crippen LogP contribution in [0.4, 0.5) is 10.5 Å². The van der Waals surface area contributed by atoms with E-state index in [1.165, 1.54) is 12.3 Å². The van der Waals surface area contributed by atoms with Crippen LogP contribution < -0.4 is 5.32 Å². The van der Waals surface area contributed by atoms with Gasteiger partial charge in [-0.25, -0.2) is 14.6 Å². The van der Waals surface area contributed by atoms with Crippen molar-refractivity contribution in [3.8, 4) is 0 Å². The molecule has 7 nitrogen and oxygen atoms in total. The lowest BCUT2D eigenvalue weighted by Gasteiger charge is -2.19. The average Bonchev–Trinajstić information content (AvgIpc) is 2.69. The Balaban J connectivity index is 2.19. The third kappa shape index (κ3) is 3.25. The number of carboxylic acid groups (broad SMARTS) is 1. The lowest BCUT2D eigenvalue weighted by Crippen LogP contribution is -2.27. The van der Waals surface area contributed by atoms with Crippen molar-refractivity contribution in [3.63, 3.8) is 0 Å². The van der Waals surface area contributed by atoms with E-state index < -0.39 is 17.7 Å². The molecule has 2 aromatic heterocycles. The normalized spacial score (nSPS) is 11.3. The van der Waals surface area contributed by atoms with Gasteiger partial charge in [0.2, 0.25) is 11.5 Å². The van der Waals surface area contributed by atoms with Crippen molar-refractivity contribution in [1.82, 2.24) is 4.98 Å². The van der Waals surface area contributed by atoms with Gasteiger partial charge >= 0.3 is 12.1 Å². The number of hydrogen-bond donors (Lipinski definition) is 2. The number of ether oxygens (including phenoxy) is 1. The summed E-state index contributed by atoms with van der Waals surface area (Å²) in [6.45, 7) is 5.26. The molecule has 0 fully saturated rings. The first-order chi connectivity index (χ1) is 9.24. The molecular formula is C13H14N2O5. The first kappa shape index (κ1) is 13.9. The summed E-state index contributed by atoms with van der Waals surface area (Å²) < 4.78 is 10.1. The highest BCUT2D eigenvalue weighted by Crippen LogP contribution is 2.21. The second-order valence-corrected chi connectivity index (χ2v) is 5.16. The largest absolute Gasteiger partial charge is 0.475 e. The predicted octanol–water partition coefficient (Wildman–Crippen LogP) is 2.87. The fraction of sp³-hybridized carbons (Fsp3) is 0.308. The van der Waals surface area contributed by atoms with E-state index in [0.717, 1.165) is 0 Å². The van der Waals surface area contributed by atoms with Crippen LogP contribution >= 0.6 is 0 Å². The van der Waals surface area contributed by atoms with Gasteiger partial charge in [0.1, 0.15) is 5.60 Å². The fourth-order valence-corrected chi connectivity index (χ4v) is 1.53. The number of nitrogens with zero attached hydrogens (tertiary/aromatic N) is 1. The Kier molecular flexibility index (Phi) is 3.35. The van der Waals surface area contributed by atoms with Crippen molar-refractivity contribution >= 4 is 28.8 Å². The molecule has 0 radical (unpaired) electrons. The molecule has 0 aliphatic heterocycles. The number of nitrogens with one attached hydrogen (secondary N) is 1. The minimum Gasteiger partial charge on any atom is -0.475 e. The minimum atomic E-state index is -1.18. The van der Waals surface area contributed by atoms with Gasteiger partial charge in [0.05, 0.1) is 11.9 Å². The van der Waals surface area contributed by atoms with Crippen LogP contribution in [0.2, 0.25) is 0 Å². The molecule has 2 heterocycles. The monoisotopic (exact) mass is 278 g/mol. The lowest BCUT2D eigenvalue weighted by molar-refractivity contribution is 0.0632. The van der Waals surface area contributed by atoms with Crippen molar-refractivity contribution in [3.05, 3.63) is 24.1 Å². The number of carboxylic acids is 1. The number of aromatic carboxylic acids is 1. The molecule has 0 saturated heterocycles. The molecule has 2 rings (SSSR count). The number of rotatable bonds is 2. The zero-order valence-corrected chi connectivity index (χ0v) is 11.3. The molecule has 2 aromatic rings. The number of aromatic nitrogens is 1. The number of pyridine rings is 1. The van der Waals surface area contributed by atoms with E-state index in [2.05, 4.69) is 10.3 Å². The number of anilines is 1. The van der Waals surface area contributed by atoms with Crippen molar-refractivity contribution in [1.29, 1.82) is 0 Å². The van der Waals surface area contributed by atoms with Gasteiger partial charge in [0.15, 0.2) is 0 Å². The van der Waals surface area contributed by atoms with Crippen LogP contribution in [0.1, 0.15) is 31.3 Å². The highest BCUT2D eigenvalue weighted by atomic mass is 16.6. The summed E-state index contributed by atoms with van der Waals surface area (Å²) >= 11 is 0. The number of carbonyl (C=O) groups is 2. The Hall–Kier alpha value is -2.57. The molecule has 0 atom stereocenters. The molecule has 0 saturated carbocycles. The zero-order valence-electron chi connectivity index (χ0n) is 11.3. The summed E-state index contributed by atoms with van der Waals surface area (Å²) in [6, 6.07) is 2.90. The van der Waals surface area contributed by atoms with Gasteiger partial charge in [-0.05, 0) is 26.8 Å². The summed E-state index contributed by atoms with van der Waals surface area (Å²) in [5.41, 5.74) is -0.0186. The van der Waals surface area contributed by atoms with Gasteiger partial charge in [0.25, 0.3) is 0 Å². The number of fused-ring (bicyclic) bond motifs is 1. The van der Waals surface area contributed by atoms with Crippen LogP contribution in [-0.4, -0.2) is 27.8 Å². The van der Waals surface area contributed by atoms with E-state index >= 15 is 0 Å². The van der Waals surface area contributed by atoms with Gasteiger partial charge in [-0.15, -0.1) is 0 Å². The Morgan fingerprint density at radius 2 is 2.05 bits per heavy atom. The Morgan fingerprint density at radius 3 is 2.65 bits per heavy atom. The molecule has 7 heteroatoms. The smallest absolute Gasteiger partial charge is 0.412 e. The Morgan fingerprint density at radius 1 is 1.35 bits per heavy atom. The van der Waals surface area contributed by atoms with E-state index in [1.807, 2.05) is 0 Å². The minimum absolute atomic E-state index is 0.192. The molecule has 0 spiro atoms. The first-order valence-electron chi connectivity index (χ1n) is 5.87. The quantitative estimate of drug-likeness (QED) is 0.875. The maximum Gasteiger partial charge on any atom is 0.412 e. The molecule has 1 amide bonds. The van der Waals surface area contributed by atoms with Crippen LogP contribution in [0.25, 0.3) is 11.1 Å². The van der Waals surface area contributed by atoms with E-state index in [9.17, 15) is 9.59 Å². The maximum absolute atomic E-state index is 11.6. The second-order valence-electron chi connectivity index (χ2n) is 5.16. The van der Waals surface area contributed by atoms with Crippen molar-refractivity contribution in [2.24, 2.45) is 0 Å². The third-order valence-corrected chi connectivity index (χ3v) is 2.23. The van der Waals surface area contributed by atoms with Crippen LogP contribution in [0.5, 0.6) is 0 Å². The van der Waals surface area contributed by atoms with Crippen LogP contribution in [0.15, 0.2) is 22.7 Å². The zero-order chi connectivity index (χ0) is 14.9. The molecule has 0 unspecified atom stereocenters. The standard InChI is InChI=1S/C13H14N2O5/c1-13(2,3)20-12(18)15-8-4-7-5-9(11(16)17)19-10(7)14-6-8/h4-6H,1-3H3,(H,15,18)(H,16,17). The van der Waals surface area contributed by atoms with Gasteiger partial charge in [-0.1, -0.05) is 0 Å². The van der Waals surface area contributed by atoms with E-state index in [4.69, 9.17) is 14.3 Å². The molecule has 0 bridgehead atoms. The van der Waals surface area contributed by atoms with E-state index in [-0.39, 0.29) is 11.5 Å². The molecule has 0 aliphatic rings. The summed E-state index contributed by atoms with van der Waals surface area (Å²) in [7, 11) is 0. The summed E-state index contributed by atoms with van der Waals surface area (Å²) in [5, 5.41) is 11.8. The summed E-state index contributed by atoms with van der Waals surface area (Å²) in [6.07, 6.45) is 0.752. The topological polar surface area (TPSA) is 102 Å². The number of carbonyl (C=O) groups excluding carboxylic acids is 1.